The number of amidine groups is 1. The predicted molar refractivity (Wildman–Crippen MR) is 187 cm³/mol. The van der Waals surface area contributed by atoms with E-state index in [1.165, 1.54) is 30.2 Å². The van der Waals surface area contributed by atoms with E-state index in [9.17, 15) is 19.5 Å². The Morgan fingerprint density at radius 1 is 1.18 bits per heavy atom. The van der Waals surface area contributed by atoms with Crippen molar-refractivity contribution in [3.05, 3.63) is 69.0 Å². The molecule has 2 fully saturated rings. The Hall–Kier alpha value is -4.61. The van der Waals surface area contributed by atoms with Gasteiger partial charge in [-0.05, 0) is 24.8 Å². The maximum Gasteiger partial charge on any atom is 0.276 e. The zero-order valence-electron chi connectivity index (χ0n) is 27.1. The van der Waals surface area contributed by atoms with Gasteiger partial charge in [0.05, 0.1) is 24.3 Å². The predicted octanol–water partition coefficient (Wildman–Crippen LogP) is 0.754. The van der Waals surface area contributed by atoms with E-state index in [1.807, 2.05) is 29.1 Å². The zero-order valence-corrected chi connectivity index (χ0v) is 29.5. The number of aromatic nitrogens is 3. The summed E-state index contributed by atoms with van der Waals surface area (Å²) in [4.78, 5) is 53.4. The maximum absolute atomic E-state index is 13.3. The lowest BCUT2D eigenvalue weighted by Gasteiger charge is -2.50. The van der Waals surface area contributed by atoms with Gasteiger partial charge in [0.25, 0.3) is 11.8 Å². The number of nitrogens with one attached hydrogen (secondary N) is 2. The van der Waals surface area contributed by atoms with E-state index in [0.717, 1.165) is 60.8 Å². The first-order valence-electron chi connectivity index (χ1n) is 16.1. The van der Waals surface area contributed by atoms with Gasteiger partial charge in [0.15, 0.2) is 29.4 Å². The number of nitrogen functional groups attached to an aromatic ring is 1. The molecule has 0 radical (unpaired) electrons. The summed E-state index contributed by atoms with van der Waals surface area (Å²) in [7, 11) is 1.25. The van der Waals surface area contributed by atoms with Gasteiger partial charge in [-0.3, -0.25) is 19.9 Å². The zero-order chi connectivity index (χ0) is 35.1. The number of nitrogens with zero attached hydrogens (tertiary/aromatic N) is 7. The molecule has 4 N–H and O–H groups in total. The number of piperidine rings is 1. The van der Waals surface area contributed by atoms with Crippen molar-refractivity contribution in [1.29, 1.82) is 5.41 Å². The number of halogens is 1. The Bertz CT molecular complexity index is 1920. The van der Waals surface area contributed by atoms with Crippen molar-refractivity contribution in [3.63, 3.8) is 0 Å². The third kappa shape index (κ3) is 6.28. The standard InChI is InChI=1S/C32H35ClN10O5S2/c1-48-38-23(22-26(33)50-32(35)37-22)28(44)36-24-29(45)43-25(31(46)47)20(17-49-30(24)43)16-41-12-9-21-40(13-14-42(21)41)15-18-5-7-19(8-6-18)27(34)39-10-3-2-4-11-39/h5-9,12,24,30,34H,2-4,10-11,13-17H2,1H3,(H3-,35,36,37,44,46,47)/b34-27?,38-23-/t24-,30-/m1/s1. The summed E-state index contributed by atoms with van der Waals surface area (Å²) in [6, 6.07) is 9.20. The summed E-state index contributed by atoms with van der Waals surface area (Å²) >= 11 is 8.49. The maximum atomic E-state index is 13.3. The number of anilines is 2. The molecule has 18 heteroatoms. The molecule has 15 nitrogen and oxygen atoms in total. The van der Waals surface area contributed by atoms with Gasteiger partial charge in [0.2, 0.25) is 0 Å². The molecule has 1 aromatic carbocycles. The van der Waals surface area contributed by atoms with E-state index in [4.69, 9.17) is 27.6 Å². The summed E-state index contributed by atoms with van der Waals surface area (Å²) in [5.41, 5.74) is 7.89. The minimum Gasteiger partial charge on any atom is -0.543 e. The summed E-state index contributed by atoms with van der Waals surface area (Å²) in [6.07, 6.45) is 5.40. The number of hydrogen-bond acceptors (Lipinski definition) is 12. The number of thiazole rings is 1. The van der Waals surface area contributed by atoms with E-state index in [2.05, 4.69) is 42.1 Å². The van der Waals surface area contributed by atoms with Gasteiger partial charge < -0.3 is 35.6 Å². The van der Waals surface area contributed by atoms with Crippen LogP contribution >= 0.6 is 34.7 Å². The average molecular weight is 739 g/mol. The van der Waals surface area contributed by atoms with E-state index < -0.39 is 29.2 Å². The largest absolute Gasteiger partial charge is 0.543 e. The SMILES string of the molecule is CO/N=C(\C(=O)N[C@@H]1C(=O)N2C(C(=O)[O-])=C(C[n+]3ccc4n3CCN4Cc3ccc(C(=N)N4CCCCC4)cc3)CS[C@H]12)c1nc(N)sc1Cl. The van der Waals surface area contributed by atoms with Crippen LogP contribution in [0.25, 0.3) is 0 Å². The topological polar surface area (TPSA) is 189 Å². The van der Waals surface area contributed by atoms with Crippen LogP contribution in [-0.4, -0.2) is 92.7 Å². The number of carboxylic acid groups (broad SMARTS) is 1. The lowest BCUT2D eigenvalue weighted by atomic mass is 10.0. The normalized spacial score (nSPS) is 20.4. The highest BCUT2D eigenvalue weighted by Gasteiger charge is 2.53. The summed E-state index contributed by atoms with van der Waals surface area (Å²) in [5.74, 6) is -0.903. The second-order valence-corrected chi connectivity index (χ2v) is 15.0. The van der Waals surface area contributed by atoms with E-state index in [1.54, 1.807) is 0 Å². The highest BCUT2D eigenvalue weighted by atomic mass is 35.5. The number of carbonyl (C=O) groups is 3. The molecule has 50 heavy (non-hydrogen) atoms. The van der Waals surface area contributed by atoms with Crippen LogP contribution < -0.4 is 25.7 Å². The number of benzene rings is 1. The van der Waals surface area contributed by atoms with Crippen LogP contribution in [-0.2, 0) is 38.9 Å². The minimum absolute atomic E-state index is 0.0175. The van der Waals surface area contributed by atoms with Gasteiger partial charge in [0, 0.05) is 43.1 Å². The molecule has 4 aliphatic heterocycles. The molecule has 2 saturated heterocycles. The number of nitrogens with two attached hydrogens (primary N) is 1. The van der Waals surface area contributed by atoms with Crippen molar-refractivity contribution in [2.75, 3.05) is 43.1 Å². The monoisotopic (exact) mass is 738 g/mol. The third-order valence-electron chi connectivity index (χ3n) is 9.25. The molecule has 0 spiro atoms. The summed E-state index contributed by atoms with van der Waals surface area (Å²) in [5, 5.41) is 26.9. The minimum atomic E-state index is -1.46. The second kappa shape index (κ2) is 14.0. The molecule has 0 unspecified atom stereocenters. The van der Waals surface area contributed by atoms with Gasteiger partial charge in [-0.1, -0.05) is 52.4 Å². The first-order valence-corrected chi connectivity index (χ1v) is 18.4. The fraction of sp³-hybridized carbons (Fsp3) is 0.406. The smallest absolute Gasteiger partial charge is 0.276 e. The summed E-state index contributed by atoms with van der Waals surface area (Å²) < 4.78 is 4.19. The van der Waals surface area contributed by atoms with Crippen LogP contribution in [0.4, 0.5) is 10.9 Å². The number of fused-ring (bicyclic) bond motifs is 2. The first kappa shape index (κ1) is 33.9. The van der Waals surface area contributed by atoms with Crippen molar-refractivity contribution in [3.8, 4) is 0 Å². The number of likely N-dealkylation sites (tertiary alicyclic amines) is 1. The molecule has 0 aliphatic carbocycles. The number of carbonyl (C=O) groups excluding carboxylic acids is 3. The lowest BCUT2D eigenvalue weighted by molar-refractivity contribution is -0.766. The van der Waals surface area contributed by atoms with Crippen LogP contribution in [0.1, 0.15) is 36.1 Å². The van der Waals surface area contributed by atoms with Crippen LogP contribution in [0, 0.1) is 5.41 Å². The quantitative estimate of drug-likeness (QED) is 0.0881. The second-order valence-electron chi connectivity index (χ2n) is 12.3. The number of oxime groups is 1. The first-order chi connectivity index (χ1) is 24.1. The molecular formula is C32H35ClN10O5S2. The van der Waals surface area contributed by atoms with E-state index in [0.29, 0.717) is 30.3 Å². The number of carboxylic acids is 1. The molecule has 6 heterocycles. The molecule has 2 aromatic heterocycles. The van der Waals surface area contributed by atoms with Crippen LogP contribution in [0.15, 0.2) is 53.0 Å². The fourth-order valence-corrected chi connectivity index (χ4v) is 9.09. The lowest BCUT2D eigenvalue weighted by Crippen LogP contribution is -2.71. The van der Waals surface area contributed by atoms with Gasteiger partial charge in [-0.15, -0.1) is 21.1 Å². The molecule has 4 aliphatic rings. The Morgan fingerprint density at radius 3 is 2.62 bits per heavy atom. The fourth-order valence-electron chi connectivity index (χ4n) is 6.82. The van der Waals surface area contributed by atoms with Gasteiger partial charge >= 0.3 is 0 Å². The van der Waals surface area contributed by atoms with Crippen LogP contribution in [0.3, 0.4) is 0 Å². The average Bonchev–Trinajstić information content (AvgIpc) is 3.81. The number of thioether (sulfide) groups is 1. The Labute approximate surface area is 300 Å². The Morgan fingerprint density at radius 2 is 1.94 bits per heavy atom. The van der Waals surface area contributed by atoms with Gasteiger partial charge in [-0.2, -0.15) is 0 Å². The molecule has 0 saturated carbocycles. The van der Waals surface area contributed by atoms with Gasteiger partial charge in [0.1, 0.15) is 34.4 Å². The molecule has 7 rings (SSSR count). The molecule has 2 amide bonds. The van der Waals surface area contributed by atoms with Crippen LogP contribution in [0.5, 0.6) is 0 Å². The van der Waals surface area contributed by atoms with Crippen molar-refractivity contribution in [2.45, 2.75) is 50.3 Å². The van der Waals surface area contributed by atoms with Crippen molar-refractivity contribution in [2.24, 2.45) is 5.16 Å². The summed E-state index contributed by atoms with van der Waals surface area (Å²) in [6.45, 7) is 4.31. The molecule has 262 valence electrons. The molecule has 2 atom stereocenters. The van der Waals surface area contributed by atoms with Crippen molar-refractivity contribution >= 4 is 75.0 Å². The molecular weight excluding hydrogens is 704 g/mol. The molecule has 3 aromatic rings. The third-order valence-corrected chi connectivity index (χ3v) is 11.7. The number of rotatable bonds is 10. The van der Waals surface area contributed by atoms with Gasteiger partial charge in [-0.25, -0.2) is 4.98 Å². The van der Waals surface area contributed by atoms with E-state index >= 15 is 0 Å². The number of hydrogen-bond donors (Lipinski definition) is 3. The highest BCUT2D eigenvalue weighted by Crippen LogP contribution is 2.40. The Balaban J connectivity index is 1.02. The van der Waals surface area contributed by atoms with Crippen molar-refractivity contribution < 1.29 is 29.0 Å². The number of aliphatic carboxylic acids is 1. The highest BCUT2D eigenvalue weighted by molar-refractivity contribution is 8.00. The number of amides is 2. The van der Waals surface area contributed by atoms with Crippen LogP contribution in [0.2, 0.25) is 4.34 Å². The van der Waals surface area contributed by atoms with Crippen molar-refractivity contribution in [1.82, 2.24) is 24.8 Å². The Kier molecular flexibility index (Phi) is 9.45. The number of β-lactam (4-membered cyclic amide) rings is 1. The van der Waals surface area contributed by atoms with E-state index in [-0.39, 0.29) is 33.1 Å². The molecule has 0 bridgehead atoms.